The van der Waals surface area contributed by atoms with Crippen molar-refractivity contribution >= 4 is 34.7 Å². The zero-order valence-corrected chi connectivity index (χ0v) is 19.6. The Morgan fingerprint density at radius 2 is 1.82 bits per heavy atom. The number of pyridine rings is 1. The summed E-state index contributed by atoms with van der Waals surface area (Å²) in [6.45, 7) is 5.75. The summed E-state index contributed by atoms with van der Waals surface area (Å²) in [7, 11) is 1.79. The maximum atomic E-state index is 13.0. The quantitative estimate of drug-likeness (QED) is 0.538. The number of hydrogen-bond donors (Lipinski definition) is 2. The molecule has 0 bridgehead atoms. The van der Waals surface area contributed by atoms with Gasteiger partial charge in [-0.2, -0.15) is 0 Å². The lowest BCUT2D eigenvalue weighted by Gasteiger charge is -2.36. The van der Waals surface area contributed by atoms with Crippen molar-refractivity contribution in [2.24, 2.45) is 0 Å². The van der Waals surface area contributed by atoms with Gasteiger partial charge in [0.15, 0.2) is 0 Å². The first-order chi connectivity index (χ1) is 16.4. The number of fused-ring (bicyclic) bond motifs is 1. The standard InChI is InChI=1S/C26H28FN5O2/c1-4-13-32-16-24(33)31(3)25-17(2)29-23(14-22(25)32)28-15-18-5-11-21(12-6-18)30-26(34)19-7-9-20(27)10-8-19/h5-12,14H,4,13,15-16H2,1-3H3,(H,28,29)(H,30,34). The number of halogens is 1. The number of benzene rings is 2. The zero-order chi connectivity index (χ0) is 24.2. The monoisotopic (exact) mass is 461 g/mol. The lowest BCUT2D eigenvalue weighted by atomic mass is 10.1. The molecule has 2 N–H and O–H groups in total. The number of aromatic nitrogens is 1. The number of amides is 2. The van der Waals surface area contributed by atoms with Gasteiger partial charge in [-0.25, -0.2) is 9.37 Å². The highest BCUT2D eigenvalue weighted by molar-refractivity contribution is 6.04. The van der Waals surface area contributed by atoms with E-state index in [1.165, 1.54) is 24.3 Å². The van der Waals surface area contributed by atoms with Crippen molar-refractivity contribution in [3.8, 4) is 0 Å². The minimum Gasteiger partial charge on any atom is -0.366 e. The van der Waals surface area contributed by atoms with Crippen LogP contribution < -0.4 is 20.4 Å². The summed E-state index contributed by atoms with van der Waals surface area (Å²) in [6.07, 6.45) is 0.949. The molecular formula is C26H28FN5O2. The molecule has 1 aliphatic rings. The van der Waals surface area contributed by atoms with E-state index in [0.29, 0.717) is 24.3 Å². The van der Waals surface area contributed by atoms with Crippen molar-refractivity contribution in [1.82, 2.24) is 4.98 Å². The molecule has 1 aliphatic heterocycles. The van der Waals surface area contributed by atoms with Gasteiger partial charge in [-0.05, 0) is 55.3 Å². The van der Waals surface area contributed by atoms with Crippen molar-refractivity contribution in [3.05, 3.63) is 77.2 Å². The molecule has 0 fully saturated rings. The molecule has 2 amide bonds. The maximum absolute atomic E-state index is 13.0. The number of hydrogen-bond acceptors (Lipinski definition) is 5. The van der Waals surface area contributed by atoms with Gasteiger partial charge in [0.25, 0.3) is 5.91 Å². The van der Waals surface area contributed by atoms with Crippen LogP contribution in [-0.2, 0) is 11.3 Å². The molecule has 176 valence electrons. The van der Waals surface area contributed by atoms with Gasteiger partial charge in [-0.1, -0.05) is 19.1 Å². The predicted octanol–water partition coefficient (Wildman–Crippen LogP) is 4.59. The van der Waals surface area contributed by atoms with Crippen LogP contribution in [0.3, 0.4) is 0 Å². The average Bonchev–Trinajstić information content (AvgIpc) is 2.82. The fourth-order valence-corrected chi connectivity index (χ4v) is 4.05. The van der Waals surface area contributed by atoms with Crippen LogP contribution in [0.1, 0.15) is 35.0 Å². The van der Waals surface area contributed by atoms with Crippen LogP contribution in [0.25, 0.3) is 0 Å². The topological polar surface area (TPSA) is 77.6 Å². The zero-order valence-electron chi connectivity index (χ0n) is 19.6. The summed E-state index contributed by atoms with van der Waals surface area (Å²) >= 11 is 0. The van der Waals surface area contributed by atoms with Crippen molar-refractivity contribution in [2.75, 3.05) is 40.6 Å². The maximum Gasteiger partial charge on any atom is 0.255 e. The number of anilines is 4. The van der Waals surface area contributed by atoms with Crippen LogP contribution >= 0.6 is 0 Å². The average molecular weight is 462 g/mol. The number of carbonyl (C=O) groups is 2. The SMILES string of the molecule is CCCN1CC(=O)N(C)c2c1cc(NCc1ccc(NC(=O)c3ccc(F)cc3)cc1)nc2C. The van der Waals surface area contributed by atoms with Crippen LogP contribution in [0.2, 0.25) is 0 Å². The number of aryl methyl sites for hydroxylation is 1. The first kappa shape index (κ1) is 23.2. The molecule has 0 unspecified atom stereocenters. The molecule has 2 aromatic carbocycles. The lowest BCUT2D eigenvalue weighted by molar-refractivity contribution is -0.117. The van der Waals surface area contributed by atoms with Crippen molar-refractivity contribution in [1.29, 1.82) is 0 Å². The summed E-state index contributed by atoms with van der Waals surface area (Å²) in [5.74, 6) is 0.141. The molecule has 8 heteroatoms. The molecule has 34 heavy (non-hydrogen) atoms. The summed E-state index contributed by atoms with van der Waals surface area (Å²) in [4.78, 5) is 33.1. The fourth-order valence-electron chi connectivity index (χ4n) is 4.05. The van der Waals surface area contributed by atoms with Gasteiger partial charge < -0.3 is 20.4 Å². The number of rotatable bonds is 7. The normalized spacial score (nSPS) is 13.0. The molecule has 7 nitrogen and oxygen atoms in total. The van der Waals surface area contributed by atoms with Gasteiger partial charge in [0.05, 0.1) is 23.6 Å². The van der Waals surface area contributed by atoms with E-state index < -0.39 is 0 Å². The number of carbonyl (C=O) groups excluding carboxylic acids is 2. The third-order valence-electron chi connectivity index (χ3n) is 5.81. The molecule has 2 heterocycles. The molecule has 4 rings (SSSR count). The molecular weight excluding hydrogens is 433 g/mol. The van der Waals surface area contributed by atoms with E-state index in [2.05, 4.69) is 27.4 Å². The molecule has 0 saturated heterocycles. The Morgan fingerprint density at radius 3 is 2.50 bits per heavy atom. The third kappa shape index (κ3) is 5.01. The van der Waals surface area contributed by atoms with E-state index in [9.17, 15) is 14.0 Å². The molecule has 0 radical (unpaired) electrons. The molecule has 3 aromatic rings. The first-order valence-corrected chi connectivity index (χ1v) is 11.3. The smallest absolute Gasteiger partial charge is 0.255 e. The first-order valence-electron chi connectivity index (χ1n) is 11.3. The summed E-state index contributed by atoms with van der Waals surface area (Å²) in [6, 6.07) is 14.9. The number of nitrogens with zero attached hydrogens (tertiary/aromatic N) is 3. The van der Waals surface area contributed by atoms with E-state index >= 15 is 0 Å². The van der Waals surface area contributed by atoms with Gasteiger partial charge in [-0.3, -0.25) is 9.59 Å². The number of nitrogens with one attached hydrogen (secondary N) is 2. The summed E-state index contributed by atoms with van der Waals surface area (Å²) < 4.78 is 13.0. The highest BCUT2D eigenvalue weighted by atomic mass is 19.1. The van der Waals surface area contributed by atoms with Gasteiger partial charge >= 0.3 is 0 Å². The minimum atomic E-state index is -0.379. The Morgan fingerprint density at radius 1 is 1.12 bits per heavy atom. The van der Waals surface area contributed by atoms with E-state index in [1.54, 1.807) is 11.9 Å². The Bertz CT molecular complexity index is 1200. The van der Waals surface area contributed by atoms with Crippen LogP contribution in [-0.4, -0.2) is 36.9 Å². The van der Waals surface area contributed by atoms with Gasteiger partial charge in [0.1, 0.15) is 11.6 Å². The Balaban J connectivity index is 1.43. The molecule has 0 saturated carbocycles. The van der Waals surface area contributed by atoms with E-state index in [0.717, 1.165) is 41.4 Å². The fraction of sp³-hybridized carbons (Fsp3) is 0.269. The minimum absolute atomic E-state index is 0.0677. The highest BCUT2D eigenvalue weighted by Gasteiger charge is 2.28. The van der Waals surface area contributed by atoms with E-state index in [4.69, 9.17) is 0 Å². The van der Waals surface area contributed by atoms with Crippen molar-refractivity contribution in [3.63, 3.8) is 0 Å². The predicted molar refractivity (Wildman–Crippen MR) is 133 cm³/mol. The molecule has 0 atom stereocenters. The van der Waals surface area contributed by atoms with Gasteiger partial charge in [0.2, 0.25) is 5.91 Å². The highest BCUT2D eigenvalue weighted by Crippen LogP contribution is 2.36. The van der Waals surface area contributed by atoms with Gasteiger partial charge in [0, 0.05) is 37.5 Å². The largest absolute Gasteiger partial charge is 0.366 e. The summed E-state index contributed by atoms with van der Waals surface area (Å²) in [5.41, 5.74) is 4.74. The van der Waals surface area contributed by atoms with Gasteiger partial charge in [-0.15, -0.1) is 0 Å². The Kier molecular flexibility index (Phi) is 6.77. The van der Waals surface area contributed by atoms with Crippen LogP contribution in [0, 0.1) is 12.7 Å². The van der Waals surface area contributed by atoms with E-state index in [1.807, 2.05) is 37.3 Å². The van der Waals surface area contributed by atoms with E-state index in [-0.39, 0.29) is 17.6 Å². The van der Waals surface area contributed by atoms with Crippen molar-refractivity contribution in [2.45, 2.75) is 26.8 Å². The second kappa shape index (κ2) is 9.91. The molecule has 0 aliphatic carbocycles. The van der Waals surface area contributed by atoms with Crippen molar-refractivity contribution < 1.29 is 14.0 Å². The molecule has 0 spiro atoms. The van der Waals surface area contributed by atoms with Crippen LogP contribution in [0.15, 0.2) is 54.6 Å². The lowest BCUT2D eigenvalue weighted by Crippen LogP contribution is -2.44. The second-order valence-corrected chi connectivity index (χ2v) is 8.35. The molecule has 1 aromatic heterocycles. The summed E-state index contributed by atoms with van der Waals surface area (Å²) in [5, 5.41) is 6.18. The third-order valence-corrected chi connectivity index (χ3v) is 5.81. The number of likely N-dealkylation sites (N-methyl/N-ethyl adjacent to an activating group) is 1. The Labute approximate surface area is 198 Å². The Hall–Kier alpha value is -3.94. The second-order valence-electron chi connectivity index (χ2n) is 8.35. The van der Waals surface area contributed by atoms with Crippen LogP contribution in [0.4, 0.5) is 27.3 Å². The van der Waals surface area contributed by atoms with Crippen LogP contribution in [0.5, 0.6) is 0 Å².